The molecule has 0 saturated heterocycles. The molecule has 0 spiro atoms. The SMILES string of the molecule is CCC(C)N(Cc1ccccc1)C(=O)c1ccnc(OC)n1. The highest BCUT2D eigenvalue weighted by Crippen LogP contribution is 2.15. The summed E-state index contributed by atoms with van der Waals surface area (Å²) in [7, 11) is 1.49. The van der Waals surface area contributed by atoms with Crippen LogP contribution in [0.1, 0.15) is 36.3 Å². The van der Waals surface area contributed by atoms with Crippen molar-refractivity contribution in [3.05, 3.63) is 53.9 Å². The summed E-state index contributed by atoms with van der Waals surface area (Å²) < 4.78 is 5.00. The van der Waals surface area contributed by atoms with E-state index < -0.39 is 0 Å². The first-order chi connectivity index (χ1) is 10.7. The van der Waals surface area contributed by atoms with E-state index in [1.54, 1.807) is 6.07 Å². The van der Waals surface area contributed by atoms with Gasteiger partial charge in [0.25, 0.3) is 5.91 Å². The summed E-state index contributed by atoms with van der Waals surface area (Å²) in [6, 6.07) is 11.9. The maximum atomic E-state index is 12.8. The van der Waals surface area contributed by atoms with Gasteiger partial charge in [-0.15, -0.1) is 0 Å². The van der Waals surface area contributed by atoms with Gasteiger partial charge < -0.3 is 9.64 Å². The van der Waals surface area contributed by atoms with Crippen molar-refractivity contribution in [3.63, 3.8) is 0 Å². The first-order valence-electron chi connectivity index (χ1n) is 7.37. The van der Waals surface area contributed by atoms with Crippen LogP contribution in [-0.2, 0) is 6.54 Å². The van der Waals surface area contributed by atoms with Crippen molar-refractivity contribution in [2.45, 2.75) is 32.9 Å². The molecule has 1 heterocycles. The molecule has 1 aromatic carbocycles. The number of aromatic nitrogens is 2. The van der Waals surface area contributed by atoms with Crippen molar-refractivity contribution in [1.82, 2.24) is 14.9 Å². The van der Waals surface area contributed by atoms with Crippen LogP contribution in [0.15, 0.2) is 42.6 Å². The summed E-state index contributed by atoms with van der Waals surface area (Å²) in [5, 5.41) is 0. The number of carbonyl (C=O) groups excluding carboxylic acids is 1. The van der Waals surface area contributed by atoms with Crippen LogP contribution < -0.4 is 4.74 Å². The molecule has 2 aromatic rings. The van der Waals surface area contributed by atoms with Gasteiger partial charge in [-0.25, -0.2) is 4.98 Å². The van der Waals surface area contributed by atoms with Gasteiger partial charge in [0.2, 0.25) is 0 Å². The van der Waals surface area contributed by atoms with Gasteiger partial charge in [0.1, 0.15) is 5.69 Å². The number of carbonyl (C=O) groups is 1. The molecule has 0 aliphatic rings. The zero-order chi connectivity index (χ0) is 15.9. The topological polar surface area (TPSA) is 55.3 Å². The number of amides is 1. The van der Waals surface area contributed by atoms with Crippen LogP contribution in [0.3, 0.4) is 0 Å². The molecule has 0 saturated carbocycles. The van der Waals surface area contributed by atoms with Crippen molar-refractivity contribution in [2.75, 3.05) is 7.11 Å². The van der Waals surface area contributed by atoms with Crippen LogP contribution >= 0.6 is 0 Å². The zero-order valence-corrected chi connectivity index (χ0v) is 13.2. The minimum absolute atomic E-state index is 0.112. The number of nitrogens with zero attached hydrogens (tertiary/aromatic N) is 3. The highest BCUT2D eigenvalue weighted by molar-refractivity contribution is 5.92. The number of hydrogen-bond donors (Lipinski definition) is 0. The van der Waals surface area contributed by atoms with Gasteiger partial charge in [0.15, 0.2) is 0 Å². The second kappa shape index (κ2) is 7.54. The predicted octanol–water partition coefficient (Wildman–Crippen LogP) is 2.93. The van der Waals surface area contributed by atoms with Gasteiger partial charge in [-0.3, -0.25) is 4.79 Å². The summed E-state index contributed by atoms with van der Waals surface area (Å²) in [5.74, 6) is -0.112. The van der Waals surface area contributed by atoms with Gasteiger partial charge in [0.05, 0.1) is 7.11 Å². The van der Waals surface area contributed by atoms with Crippen LogP contribution in [0.2, 0.25) is 0 Å². The Labute approximate surface area is 131 Å². The molecule has 0 aliphatic heterocycles. The van der Waals surface area contributed by atoms with Crippen molar-refractivity contribution in [3.8, 4) is 6.01 Å². The Kier molecular flexibility index (Phi) is 5.47. The van der Waals surface area contributed by atoms with E-state index in [1.807, 2.05) is 42.2 Å². The van der Waals surface area contributed by atoms with E-state index in [4.69, 9.17) is 4.74 Å². The summed E-state index contributed by atoms with van der Waals surface area (Å²) in [4.78, 5) is 22.7. The average Bonchev–Trinajstić information content (AvgIpc) is 2.59. The largest absolute Gasteiger partial charge is 0.467 e. The second-order valence-corrected chi connectivity index (χ2v) is 5.10. The fraction of sp³-hybridized carbons (Fsp3) is 0.353. The van der Waals surface area contributed by atoms with Crippen molar-refractivity contribution in [1.29, 1.82) is 0 Å². The standard InChI is InChI=1S/C17H21N3O2/c1-4-13(2)20(12-14-8-6-5-7-9-14)16(21)15-10-11-18-17(19-15)22-3/h5-11,13H,4,12H2,1-3H3. The van der Waals surface area contributed by atoms with Crippen molar-refractivity contribution >= 4 is 5.91 Å². The Morgan fingerprint density at radius 2 is 2.00 bits per heavy atom. The lowest BCUT2D eigenvalue weighted by Gasteiger charge is -2.28. The summed E-state index contributed by atoms with van der Waals surface area (Å²) in [5.41, 5.74) is 1.44. The quantitative estimate of drug-likeness (QED) is 0.823. The maximum absolute atomic E-state index is 12.8. The first-order valence-corrected chi connectivity index (χ1v) is 7.37. The maximum Gasteiger partial charge on any atom is 0.316 e. The molecule has 0 fully saturated rings. The molecule has 0 bridgehead atoms. The van der Waals surface area contributed by atoms with E-state index in [0.717, 1.165) is 12.0 Å². The molecular weight excluding hydrogens is 278 g/mol. The van der Waals surface area contributed by atoms with E-state index in [2.05, 4.69) is 16.9 Å². The average molecular weight is 299 g/mol. The Balaban J connectivity index is 2.26. The van der Waals surface area contributed by atoms with E-state index in [-0.39, 0.29) is 18.0 Å². The van der Waals surface area contributed by atoms with Gasteiger partial charge in [-0.1, -0.05) is 37.3 Å². The Morgan fingerprint density at radius 1 is 1.27 bits per heavy atom. The normalized spacial score (nSPS) is 11.8. The van der Waals surface area contributed by atoms with Crippen LogP contribution in [0.25, 0.3) is 0 Å². The molecule has 5 heteroatoms. The molecule has 22 heavy (non-hydrogen) atoms. The number of benzene rings is 1. The van der Waals surface area contributed by atoms with Gasteiger partial charge in [-0.2, -0.15) is 4.98 Å². The first kappa shape index (κ1) is 15.9. The van der Waals surface area contributed by atoms with Crippen LogP contribution in [0.5, 0.6) is 6.01 Å². The summed E-state index contributed by atoms with van der Waals surface area (Å²) >= 11 is 0. The predicted molar refractivity (Wildman–Crippen MR) is 84.7 cm³/mol. The number of hydrogen-bond acceptors (Lipinski definition) is 4. The highest BCUT2D eigenvalue weighted by atomic mass is 16.5. The molecule has 0 radical (unpaired) electrons. The number of methoxy groups -OCH3 is 1. The van der Waals surface area contributed by atoms with E-state index in [1.165, 1.54) is 13.3 Å². The second-order valence-electron chi connectivity index (χ2n) is 5.10. The monoisotopic (exact) mass is 299 g/mol. The lowest BCUT2D eigenvalue weighted by Crippen LogP contribution is -2.38. The Hall–Kier alpha value is -2.43. The lowest BCUT2D eigenvalue weighted by molar-refractivity contribution is 0.0664. The molecule has 2 rings (SSSR count). The van der Waals surface area contributed by atoms with Gasteiger partial charge in [0, 0.05) is 18.8 Å². The van der Waals surface area contributed by atoms with E-state index in [0.29, 0.717) is 12.2 Å². The molecule has 5 nitrogen and oxygen atoms in total. The molecule has 0 N–H and O–H groups in total. The van der Waals surface area contributed by atoms with Crippen molar-refractivity contribution < 1.29 is 9.53 Å². The molecule has 1 aromatic heterocycles. The minimum Gasteiger partial charge on any atom is -0.467 e. The molecular formula is C17H21N3O2. The third kappa shape index (κ3) is 3.81. The molecule has 116 valence electrons. The van der Waals surface area contributed by atoms with E-state index in [9.17, 15) is 4.79 Å². The van der Waals surface area contributed by atoms with Gasteiger partial charge >= 0.3 is 6.01 Å². The highest BCUT2D eigenvalue weighted by Gasteiger charge is 2.22. The fourth-order valence-electron chi connectivity index (χ4n) is 2.13. The smallest absolute Gasteiger partial charge is 0.316 e. The van der Waals surface area contributed by atoms with Crippen LogP contribution in [0, 0.1) is 0 Å². The Bertz CT molecular complexity index is 616. The van der Waals surface area contributed by atoms with Gasteiger partial charge in [-0.05, 0) is 25.0 Å². The molecule has 1 atom stereocenters. The third-order valence-corrected chi connectivity index (χ3v) is 3.61. The van der Waals surface area contributed by atoms with Crippen LogP contribution in [-0.4, -0.2) is 33.9 Å². The summed E-state index contributed by atoms with van der Waals surface area (Å²) in [6.45, 7) is 4.66. The van der Waals surface area contributed by atoms with Crippen molar-refractivity contribution in [2.24, 2.45) is 0 Å². The third-order valence-electron chi connectivity index (χ3n) is 3.61. The zero-order valence-electron chi connectivity index (χ0n) is 13.2. The van der Waals surface area contributed by atoms with Crippen LogP contribution in [0.4, 0.5) is 0 Å². The molecule has 1 unspecified atom stereocenters. The summed E-state index contributed by atoms with van der Waals surface area (Å²) in [6.07, 6.45) is 2.41. The fourth-order valence-corrected chi connectivity index (χ4v) is 2.13. The Morgan fingerprint density at radius 3 is 2.64 bits per heavy atom. The lowest BCUT2D eigenvalue weighted by atomic mass is 10.1. The number of ether oxygens (including phenoxy) is 1. The number of rotatable bonds is 6. The molecule has 0 aliphatic carbocycles. The minimum atomic E-state index is -0.112. The molecule has 1 amide bonds. The van der Waals surface area contributed by atoms with E-state index >= 15 is 0 Å².